The van der Waals surface area contributed by atoms with Crippen LogP contribution in [0.3, 0.4) is 0 Å². The molecule has 2 saturated heterocycles. The molecule has 2 unspecified atom stereocenters. The topological polar surface area (TPSA) is 26.8 Å². The lowest BCUT2D eigenvalue weighted by molar-refractivity contribution is 0.0697. The molecular weight excluding hydrogens is 346 g/mol. The Morgan fingerprint density at radius 1 is 1.14 bits per heavy atom. The molecule has 3 heterocycles. The zero-order valence-electron chi connectivity index (χ0n) is 18.2. The third-order valence-corrected chi connectivity index (χ3v) is 7.26. The molecule has 28 heavy (non-hydrogen) atoms. The van der Waals surface area contributed by atoms with E-state index in [9.17, 15) is 4.79 Å². The summed E-state index contributed by atoms with van der Waals surface area (Å²) >= 11 is 0. The van der Waals surface area contributed by atoms with Crippen LogP contribution in [-0.4, -0.2) is 60.5 Å². The van der Waals surface area contributed by atoms with Crippen LogP contribution in [0.4, 0.5) is 5.69 Å². The molecule has 154 valence electrons. The van der Waals surface area contributed by atoms with Crippen molar-refractivity contribution in [3.63, 3.8) is 0 Å². The highest BCUT2D eigenvalue weighted by atomic mass is 16.2. The van der Waals surface area contributed by atoms with Crippen LogP contribution in [0.5, 0.6) is 0 Å². The van der Waals surface area contributed by atoms with Gasteiger partial charge in [-0.25, -0.2) is 0 Å². The number of likely N-dealkylation sites (tertiary alicyclic amines) is 2. The van der Waals surface area contributed by atoms with Crippen molar-refractivity contribution in [2.24, 2.45) is 5.92 Å². The Balaban J connectivity index is 1.61. The molecule has 0 bridgehead atoms. The van der Waals surface area contributed by atoms with Crippen molar-refractivity contribution in [2.75, 3.05) is 37.6 Å². The summed E-state index contributed by atoms with van der Waals surface area (Å²) < 4.78 is 0. The Morgan fingerprint density at radius 2 is 1.89 bits per heavy atom. The van der Waals surface area contributed by atoms with E-state index in [1.165, 1.54) is 30.6 Å². The Bertz CT molecular complexity index is 708. The van der Waals surface area contributed by atoms with Crippen LogP contribution < -0.4 is 4.90 Å². The van der Waals surface area contributed by atoms with Gasteiger partial charge >= 0.3 is 0 Å². The predicted octanol–water partition coefficient (Wildman–Crippen LogP) is 4.36. The van der Waals surface area contributed by atoms with Crippen LogP contribution in [0.2, 0.25) is 0 Å². The number of nitrogens with zero attached hydrogens (tertiary/aromatic N) is 3. The summed E-state index contributed by atoms with van der Waals surface area (Å²) in [5.74, 6) is 1.51. The van der Waals surface area contributed by atoms with Crippen molar-refractivity contribution in [3.05, 3.63) is 29.3 Å². The standard InChI is InChI=1S/C24H37N3O/c1-5-11-27-22-7-6-19(24(28)25-12-8-18(4)9-13-25)15-20(22)21-16-26(17(2)3)14-10-23(21)27/h6-7,15,17-18,21,23H,5,8-14,16H2,1-4H3. The number of hydrogen-bond donors (Lipinski definition) is 0. The van der Waals surface area contributed by atoms with Gasteiger partial charge in [0.05, 0.1) is 0 Å². The van der Waals surface area contributed by atoms with Crippen LogP contribution in [0.15, 0.2) is 18.2 Å². The molecule has 2 fully saturated rings. The number of rotatable bonds is 4. The second-order valence-corrected chi connectivity index (χ2v) is 9.49. The van der Waals surface area contributed by atoms with Gasteiger partial charge in [0.1, 0.15) is 0 Å². The van der Waals surface area contributed by atoms with Gasteiger partial charge in [-0.2, -0.15) is 0 Å². The quantitative estimate of drug-likeness (QED) is 0.773. The first kappa shape index (κ1) is 19.8. The maximum Gasteiger partial charge on any atom is 0.253 e. The van der Waals surface area contributed by atoms with Crippen molar-refractivity contribution in [2.45, 2.75) is 71.4 Å². The van der Waals surface area contributed by atoms with Gasteiger partial charge in [-0.15, -0.1) is 0 Å². The average molecular weight is 384 g/mol. The highest BCUT2D eigenvalue weighted by Gasteiger charge is 2.42. The first-order chi connectivity index (χ1) is 13.5. The van der Waals surface area contributed by atoms with E-state index in [2.05, 4.69) is 60.6 Å². The molecule has 0 aromatic heterocycles. The molecule has 0 radical (unpaired) electrons. The molecule has 1 aromatic carbocycles. The Kier molecular flexibility index (Phi) is 5.69. The fraction of sp³-hybridized carbons (Fsp3) is 0.708. The summed E-state index contributed by atoms with van der Waals surface area (Å²) in [5.41, 5.74) is 3.69. The SMILES string of the molecule is CCCN1c2ccc(C(=O)N3CCC(C)CC3)cc2C2CN(C(C)C)CCC21. The van der Waals surface area contributed by atoms with E-state index in [-0.39, 0.29) is 5.91 Å². The van der Waals surface area contributed by atoms with Gasteiger partial charge in [-0.05, 0) is 69.2 Å². The van der Waals surface area contributed by atoms with Gasteiger partial charge in [-0.3, -0.25) is 4.79 Å². The van der Waals surface area contributed by atoms with Crippen molar-refractivity contribution < 1.29 is 4.79 Å². The third-order valence-electron chi connectivity index (χ3n) is 7.26. The van der Waals surface area contributed by atoms with Crippen LogP contribution >= 0.6 is 0 Å². The zero-order chi connectivity index (χ0) is 19.8. The van der Waals surface area contributed by atoms with Crippen LogP contribution in [-0.2, 0) is 0 Å². The van der Waals surface area contributed by atoms with Gasteiger partial charge in [0.15, 0.2) is 0 Å². The number of piperidine rings is 2. The monoisotopic (exact) mass is 383 g/mol. The lowest BCUT2D eigenvalue weighted by Crippen LogP contribution is -2.48. The van der Waals surface area contributed by atoms with Crippen molar-refractivity contribution >= 4 is 11.6 Å². The van der Waals surface area contributed by atoms with Crippen molar-refractivity contribution in [1.82, 2.24) is 9.80 Å². The number of fused-ring (bicyclic) bond motifs is 3. The third kappa shape index (κ3) is 3.56. The van der Waals surface area contributed by atoms with Gasteiger partial charge in [-0.1, -0.05) is 13.8 Å². The van der Waals surface area contributed by atoms with Gasteiger partial charge in [0, 0.05) is 62.0 Å². The summed E-state index contributed by atoms with van der Waals surface area (Å²) in [6.07, 6.45) is 4.66. The van der Waals surface area contributed by atoms with Crippen molar-refractivity contribution in [1.29, 1.82) is 0 Å². The normalized spacial score (nSPS) is 25.9. The minimum atomic E-state index is 0.233. The first-order valence-corrected chi connectivity index (χ1v) is 11.4. The zero-order valence-corrected chi connectivity index (χ0v) is 18.2. The minimum Gasteiger partial charge on any atom is -0.368 e. The summed E-state index contributed by atoms with van der Waals surface area (Å²) in [5, 5.41) is 0. The molecule has 3 aliphatic heterocycles. The van der Waals surface area contributed by atoms with E-state index in [1.54, 1.807) is 0 Å². The summed E-state index contributed by atoms with van der Waals surface area (Å²) in [7, 11) is 0. The van der Waals surface area contributed by atoms with E-state index in [4.69, 9.17) is 0 Å². The minimum absolute atomic E-state index is 0.233. The highest BCUT2D eigenvalue weighted by Crippen LogP contribution is 2.45. The Hall–Kier alpha value is -1.55. The summed E-state index contributed by atoms with van der Waals surface area (Å²) in [4.78, 5) is 20.5. The molecule has 3 aliphatic rings. The van der Waals surface area contributed by atoms with Gasteiger partial charge < -0.3 is 14.7 Å². The van der Waals surface area contributed by atoms with E-state index in [0.717, 1.165) is 50.5 Å². The van der Waals surface area contributed by atoms with Crippen molar-refractivity contribution in [3.8, 4) is 0 Å². The number of hydrogen-bond acceptors (Lipinski definition) is 3. The van der Waals surface area contributed by atoms with Gasteiger partial charge in [0.2, 0.25) is 0 Å². The largest absolute Gasteiger partial charge is 0.368 e. The smallest absolute Gasteiger partial charge is 0.253 e. The predicted molar refractivity (Wildman–Crippen MR) is 116 cm³/mol. The molecule has 0 spiro atoms. The number of amides is 1. The Labute approximate surface area is 170 Å². The molecule has 0 N–H and O–H groups in total. The van der Waals surface area contributed by atoms with Gasteiger partial charge in [0.25, 0.3) is 5.91 Å². The fourth-order valence-electron chi connectivity index (χ4n) is 5.46. The molecule has 2 atom stereocenters. The molecule has 1 amide bonds. The maximum atomic E-state index is 13.1. The van der Waals surface area contributed by atoms with E-state index in [0.29, 0.717) is 18.0 Å². The molecule has 4 nitrogen and oxygen atoms in total. The number of benzene rings is 1. The van der Waals surface area contributed by atoms with E-state index in [1.807, 2.05) is 0 Å². The molecule has 0 aliphatic carbocycles. The average Bonchev–Trinajstić information content (AvgIpc) is 3.01. The first-order valence-electron chi connectivity index (χ1n) is 11.4. The van der Waals surface area contributed by atoms with Crippen LogP contribution in [0.25, 0.3) is 0 Å². The number of carbonyl (C=O) groups excluding carboxylic acids is 1. The lowest BCUT2D eigenvalue weighted by Gasteiger charge is -2.40. The summed E-state index contributed by atoms with van der Waals surface area (Å²) in [6, 6.07) is 7.76. The molecule has 0 saturated carbocycles. The van der Waals surface area contributed by atoms with Crippen LogP contribution in [0.1, 0.15) is 75.2 Å². The molecular formula is C24H37N3O. The number of carbonyl (C=O) groups is 1. The van der Waals surface area contributed by atoms with E-state index < -0.39 is 0 Å². The van der Waals surface area contributed by atoms with E-state index >= 15 is 0 Å². The fourth-order valence-corrected chi connectivity index (χ4v) is 5.46. The highest BCUT2D eigenvalue weighted by molar-refractivity contribution is 5.95. The summed E-state index contributed by atoms with van der Waals surface area (Å²) in [6.45, 7) is 14.4. The maximum absolute atomic E-state index is 13.1. The lowest BCUT2D eigenvalue weighted by atomic mass is 9.87. The number of anilines is 1. The second kappa shape index (κ2) is 8.06. The van der Waals surface area contributed by atoms with Crippen LogP contribution in [0, 0.1) is 5.92 Å². The second-order valence-electron chi connectivity index (χ2n) is 9.49. The molecule has 4 rings (SSSR count). The molecule has 1 aromatic rings. The Morgan fingerprint density at radius 3 is 2.57 bits per heavy atom. The molecule has 4 heteroatoms.